The standard InChI is InChI=1S/C20H20ClN5O/c1-14-3-4-16(11-17(14)21)25-20(27)18-12-24-19(13-23-18)26(2)10-7-15-5-8-22-9-6-15/h3-6,8-9,11-13H,7,10H2,1-2H3,(H,25,27). The van der Waals surface area contributed by atoms with Gasteiger partial charge in [-0.2, -0.15) is 0 Å². The maximum Gasteiger partial charge on any atom is 0.275 e. The summed E-state index contributed by atoms with van der Waals surface area (Å²) in [4.78, 5) is 26.9. The molecule has 1 amide bonds. The molecule has 2 aromatic heterocycles. The van der Waals surface area contributed by atoms with Crippen LogP contribution in [0.5, 0.6) is 0 Å². The summed E-state index contributed by atoms with van der Waals surface area (Å²) in [5.41, 5.74) is 3.03. The first-order chi connectivity index (χ1) is 13.0. The molecule has 7 heteroatoms. The van der Waals surface area contributed by atoms with E-state index in [2.05, 4.69) is 20.3 Å². The molecule has 0 aliphatic heterocycles. The maximum atomic E-state index is 12.3. The topological polar surface area (TPSA) is 71.0 Å². The zero-order valence-corrected chi connectivity index (χ0v) is 15.9. The van der Waals surface area contributed by atoms with Gasteiger partial charge in [0, 0.05) is 36.7 Å². The van der Waals surface area contributed by atoms with Gasteiger partial charge in [0.1, 0.15) is 11.5 Å². The second kappa shape index (κ2) is 8.60. The minimum atomic E-state index is -0.326. The van der Waals surface area contributed by atoms with Crippen molar-refractivity contribution in [2.24, 2.45) is 0 Å². The summed E-state index contributed by atoms with van der Waals surface area (Å²) in [5, 5.41) is 3.38. The third-order valence-electron chi connectivity index (χ3n) is 4.18. The highest BCUT2D eigenvalue weighted by molar-refractivity contribution is 6.31. The maximum absolute atomic E-state index is 12.3. The first kappa shape index (κ1) is 18.8. The molecule has 0 fully saturated rings. The number of carbonyl (C=O) groups is 1. The van der Waals surface area contributed by atoms with Gasteiger partial charge in [-0.05, 0) is 48.7 Å². The number of aryl methyl sites for hydroxylation is 1. The highest BCUT2D eigenvalue weighted by Gasteiger charge is 2.11. The quantitative estimate of drug-likeness (QED) is 0.703. The Morgan fingerprint density at radius 3 is 2.59 bits per heavy atom. The third kappa shape index (κ3) is 5.01. The van der Waals surface area contributed by atoms with Crippen molar-refractivity contribution in [3.8, 4) is 0 Å². The van der Waals surface area contributed by atoms with Crippen LogP contribution in [0.2, 0.25) is 5.02 Å². The molecule has 0 radical (unpaired) electrons. The van der Waals surface area contributed by atoms with E-state index < -0.39 is 0 Å². The smallest absolute Gasteiger partial charge is 0.275 e. The van der Waals surface area contributed by atoms with Gasteiger partial charge < -0.3 is 10.2 Å². The second-order valence-electron chi connectivity index (χ2n) is 6.20. The van der Waals surface area contributed by atoms with Crippen LogP contribution in [-0.4, -0.2) is 34.5 Å². The van der Waals surface area contributed by atoms with Crippen molar-refractivity contribution < 1.29 is 4.79 Å². The van der Waals surface area contributed by atoms with Crippen molar-refractivity contribution in [3.63, 3.8) is 0 Å². The summed E-state index contributed by atoms with van der Waals surface area (Å²) >= 11 is 6.08. The summed E-state index contributed by atoms with van der Waals surface area (Å²) < 4.78 is 0. The van der Waals surface area contributed by atoms with Crippen molar-refractivity contribution in [1.29, 1.82) is 0 Å². The third-order valence-corrected chi connectivity index (χ3v) is 4.58. The van der Waals surface area contributed by atoms with Crippen LogP contribution in [-0.2, 0) is 6.42 Å². The van der Waals surface area contributed by atoms with Crippen LogP contribution in [0.1, 0.15) is 21.6 Å². The van der Waals surface area contributed by atoms with Gasteiger partial charge in [0.05, 0.1) is 12.4 Å². The summed E-state index contributed by atoms with van der Waals surface area (Å²) in [6.07, 6.45) is 7.51. The van der Waals surface area contributed by atoms with Gasteiger partial charge in [0.2, 0.25) is 0 Å². The molecule has 0 aliphatic rings. The Hall–Kier alpha value is -2.99. The lowest BCUT2D eigenvalue weighted by Gasteiger charge is -2.17. The Morgan fingerprint density at radius 1 is 1.15 bits per heavy atom. The lowest BCUT2D eigenvalue weighted by atomic mass is 10.2. The van der Waals surface area contributed by atoms with Crippen LogP contribution < -0.4 is 10.2 Å². The number of aromatic nitrogens is 3. The molecule has 27 heavy (non-hydrogen) atoms. The van der Waals surface area contributed by atoms with Crippen LogP contribution in [0.3, 0.4) is 0 Å². The second-order valence-corrected chi connectivity index (χ2v) is 6.61. The first-order valence-electron chi connectivity index (χ1n) is 8.52. The minimum absolute atomic E-state index is 0.248. The van der Waals surface area contributed by atoms with E-state index in [0.29, 0.717) is 16.5 Å². The number of pyridine rings is 1. The molecule has 6 nitrogen and oxygen atoms in total. The van der Waals surface area contributed by atoms with Gasteiger partial charge in [-0.15, -0.1) is 0 Å². The fraction of sp³-hybridized carbons (Fsp3) is 0.200. The molecule has 0 saturated carbocycles. The predicted octanol–water partition coefficient (Wildman–Crippen LogP) is 3.76. The number of amides is 1. The number of hydrogen-bond acceptors (Lipinski definition) is 5. The van der Waals surface area contributed by atoms with E-state index in [1.165, 1.54) is 11.8 Å². The Morgan fingerprint density at radius 2 is 1.93 bits per heavy atom. The number of anilines is 2. The molecule has 0 unspecified atom stereocenters. The molecule has 3 rings (SSSR count). The number of nitrogens with one attached hydrogen (secondary N) is 1. The van der Waals surface area contributed by atoms with Crippen molar-refractivity contribution in [2.75, 3.05) is 23.8 Å². The molecular formula is C20H20ClN5O. The lowest BCUT2D eigenvalue weighted by molar-refractivity contribution is 0.102. The average Bonchev–Trinajstić information content (AvgIpc) is 2.70. The minimum Gasteiger partial charge on any atom is -0.358 e. The largest absolute Gasteiger partial charge is 0.358 e. The lowest BCUT2D eigenvalue weighted by Crippen LogP contribution is -2.22. The number of likely N-dealkylation sites (N-methyl/N-ethyl adjacent to an activating group) is 1. The monoisotopic (exact) mass is 381 g/mol. The molecule has 3 aromatic rings. The van der Waals surface area contributed by atoms with Crippen molar-refractivity contribution in [2.45, 2.75) is 13.3 Å². The summed E-state index contributed by atoms with van der Waals surface area (Å²) in [5.74, 6) is 0.382. The number of halogens is 1. The van der Waals surface area contributed by atoms with Crippen LogP contribution in [0, 0.1) is 6.92 Å². The van der Waals surface area contributed by atoms with Crippen molar-refractivity contribution >= 4 is 29.0 Å². The highest BCUT2D eigenvalue weighted by atomic mass is 35.5. The predicted molar refractivity (Wildman–Crippen MR) is 107 cm³/mol. The Balaban J connectivity index is 1.60. The van der Waals surface area contributed by atoms with E-state index in [-0.39, 0.29) is 11.6 Å². The molecule has 0 atom stereocenters. The van der Waals surface area contributed by atoms with Gasteiger partial charge in [0.25, 0.3) is 5.91 Å². The Labute approximate surface area is 163 Å². The number of rotatable bonds is 6. The van der Waals surface area contributed by atoms with Crippen LogP contribution in [0.15, 0.2) is 55.1 Å². The number of hydrogen-bond donors (Lipinski definition) is 1. The van der Waals surface area contributed by atoms with E-state index in [4.69, 9.17) is 11.6 Å². The molecule has 138 valence electrons. The molecule has 0 aliphatic carbocycles. The molecule has 0 spiro atoms. The summed E-state index contributed by atoms with van der Waals surface area (Å²) in [7, 11) is 1.94. The SMILES string of the molecule is Cc1ccc(NC(=O)c2cnc(N(C)CCc3ccncc3)cn2)cc1Cl. The van der Waals surface area contributed by atoms with E-state index >= 15 is 0 Å². The van der Waals surface area contributed by atoms with Crippen LogP contribution in [0.25, 0.3) is 0 Å². The van der Waals surface area contributed by atoms with Gasteiger partial charge in [-0.25, -0.2) is 9.97 Å². The molecule has 0 bridgehead atoms. The van der Waals surface area contributed by atoms with Gasteiger partial charge in [-0.3, -0.25) is 9.78 Å². The zero-order chi connectivity index (χ0) is 19.2. The Bertz CT molecular complexity index is 915. The van der Waals surface area contributed by atoms with Gasteiger partial charge >= 0.3 is 0 Å². The van der Waals surface area contributed by atoms with Crippen LogP contribution >= 0.6 is 11.6 Å². The molecule has 1 N–H and O–H groups in total. The zero-order valence-electron chi connectivity index (χ0n) is 15.2. The van der Waals surface area contributed by atoms with Crippen molar-refractivity contribution in [1.82, 2.24) is 15.0 Å². The fourth-order valence-electron chi connectivity index (χ4n) is 2.46. The molecule has 0 saturated heterocycles. The molecular weight excluding hydrogens is 362 g/mol. The Kier molecular flexibility index (Phi) is 5.98. The van der Waals surface area contributed by atoms with E-state index in [9.17, 15) is 4.79 Å². The summed E-state index contributed by atoms with van der Waals surface area (Å²) in [6, 6.07) is 9.34. The summed E-state index contributed by atoms with van der Waals surface area (Å²) in [6.45, 7) is 2.69. The van der Waals surface area contributed by atoms with Crippen molar-refractivity contribution in [3.05, 3.63) is 77.0 Å². The number of carbonyl (C=O) groups excluding carboxylic acids is 1. The molecule has 2 heterocycles. The van der Waals surface area contributed by atoms with E-state index in [0.717, 1.165) is 18.5 Å². The normalized spacial score (nSPS) is 10.5. The van der Waals surface area contributed by atoms with Crippen LogP contribution in [0.4, 0.5) is 11.5 Å². The van der Waals surface area contributed by atoms with Gasteiger partial charge in [-0.1, -0.05) is 17.7 Å². The highest BCUT2D eigenvalue weighted by Crippen LogP contribution is 2.20. The van der Waals surface area contributed by atoms with Gasteiger partial charge in [0.15, 0.2) is 0 Å². The number of nitrogens with zero attached hydrogens (tertiary/aromatic N) is 4. The first-order valence-corrected chi connectivity index (χ1v) is 8.90. The van der Waals surface area contributed by atoms with E-state index in [1.54, 1.807) is 30.7 Å². The van der Waals surface area contributed by atoms with E-state index in [1.807, 2.05) is 37.1 Å². The fourth-order valence-corrected chi connectivity index (χ4v) is 2.64. The molecule has 1 aromatic carbocycles. The average molecular weight is 382 g/mol. The number of benzene rings is 1.